The fourth-order valence-corrected chi connectivity index (χ4v) is 2.08. The van der Waals surface area contributed by atoms with Crippen LogP contribution in [0.5, 0.6) is 0 Å². The summed E-state index contributed by atoms with van der Waals surface area (Å²) in [5.74, 6) is 1.22. The number of para-hydroxylation sites is 1. The van der Waals surface area contributed by atoms with Crippen LogP contribution in [-0.4, -0.2) is 22.7 Å². The van der Waals surface area contributed by atoms with E-state index in [9.17, 15) is 0 Å². The van der Waals surface area contributed by atoms with E-state index in [-0.39, 0.29) is 0 Å². The zero-order valence-electron chi connectivity index (χ0n) is 11.6. The number of aromatic nitrogens is 2. The van der Waals surface area contributed by atoms with Gasteiger partial charge >= 0.3 is 0 Å². The van der Waals surface area contributed by atoms with Crippen molar-refractivity contribution in [1.29, 1.82) is 0 Å². The summed E-state index contributed by atoms with van der Waals surface area (Å²) in [6.07, 6.45) is 2.40. The highest BCUT2D eigenvalue weighted by Crippen LogP contribution is 2.28. The molecule has 0 unspecified atom stereocenters. The molecule has 0 bridgehead atoms. The molecular weight excluding hydrogens is 254 g/mol. The first-order valence-corrected chi connectivity index (χ1v) is 6.76. The Bertz CT molecular complexity index is 700. The van der Waals surface area contributed by atoms with Crippen LogP contribution in [0.25, 0.3) is 22.4 Å². The second-order valence-corrected chi connectivity index (χ2v) is 5.02. The highest BCUT2D eigenvalue weighted by Gasteiger charge is 2.14. The van der Waals surface area contributed by atoms with E-state index in [4.69, 9.17) is 8.94 Å². The quantitative estimate of drug-likeness (QED) is 0.772. The summed E-state index contributed by atoms with van der Waals surface area (Å²) < 4.78 is 10.8. The fraction of sp³-hybridized carbons (Fsp3) is 0.333. The molecule has 0 aliphatic rings. The molecule has 3 aromatic rings. The fourth-order valence-electron chi connectivity index (χ4n) is 2.08. The Morgan fingerprint density at radius 3 is 2.95 bits per heavy atom. The van der Waals surface area contributed by atoms with Crippen LogP contribution < -0.4 is 5.32 Å². The van der Waals surface area contributed by atoms with Crippen LogP contribution in [0.3, 0.4) is 0 Å². The molecule has 5 nitrogen and oxygen atoms in total. The second-order valence-electron chi connectivity index (χ2n) is 5.02. The third-order valence-corrected chi connectivity index (χ3v) is 3.08. The van der Waals surface area contributed by atoms with Crippen molar-refractivity contribution in [3.8, 4) is 11.4 Å². The minimum atomic E-state index is 0.454. The molecule has 5 heteroatoms. The monoisotopic (exact) mass is 271 g/mol. The maximum Gasteiger partial charge on any atom is 0.228 e. The van der Waals surface area contributed by atoms with Crippen molar-refractivity contribution in [2.45, 2.75) is 26.3 Å². The van der Waals surface area contributed by atoms with Gasteiger partial charge in [0.1, 0.15) is 11.8 Å². The number of nitrogens with one attached hydrogen (secondary N) is 1. The van der Waals surface area contributed by atoms with Crippen LogP contribution in [0.15, 0.2) is 39.5 Å². The number of hydrogen-bond donors (Lipinski definition) is 1. The number of benzene rings is 1. The van der Waals surface area contributed by atoms with Gasteiger partial charge in [-0.2, -0.15) is 4.98 Å². The molecule has 2 aromatic heterocycles. The molecule has 0 radical (unpaired) electrons. The van der Waals surface area contributed by atoms with Crippen LogP contribution in [0.1, 0.15) is 19.7 Å². The van der Waals surface area contributed by atoms with E-state index < -0.39 is 0 Å². The maximum absolute atomic E-state index is 5.49. The molecule has 0 saturated carbocycles. The molecule has 0 saturated heterocycles. The minimum absolute atomic E-state index is 0.454. The highest BCUT2D eigenvalue weighted by molar-refractivity contribution is 5.91. The third kappa shape index (κ3) is 2.58. The van der Waals surface area contributed by atoms with Crippen molar-refractivity contribution in [2.24, 2.45) is 0 Å². The normalized spacial score (nSPS) is 11.6. The van der Waals surface area contributed by atoms with Crippen LogP contribution in [-0.2, 0) is 6.42 Å². The van der Waals surface area contributed by atoms with E-state index in [1.54, 1.807) is 6.26 Å². The smallest absolute Gasteiger partial charge is 0.228 e. The van der Waals surface area contributed by atoms with Gasteiger partial charge in [0.15, 0.2) is 0 Å². The number of furan rings is 1. The minimum Gasteiger partial charge on any atom is -0.464 e. The summed E-state index contributed by atoms with van der Waals surface area (Å²) in [7, 11) is 0. The van der Waals surface area contributed by atoms with E-state index in [0.29, 0.717) is 17.8 Å². The zero-order valence-corrected chi connectivity index (χ0v) is 11.6. The van der Waals surface area contributed by atoms with Gasteiger partial charge in [0, 0.05) is 24.4 Å². The van der Waals surface area contributed by atoms with E-state index >= 15 is 0 Å². The van der Waals surface area contributed by atoms with Gasteiger partial charge in [-0.25, -0.2) is 0 Å². The summed E-state index contributed by atoms with van der Waals surface area (Å²) in [6.45, 7) is 5.04. The summed E-state index contributed by atoms with van der Waals surface area (Å²) in [4.78, 5) is 4.42. The van der Waals surface area contributed by atoms with Crippen molar-refractivity contribution >= 4 is 11.0 Å². The molecule has 0 amide bonds. The van der Waals surface area contributed by atoms with Gasteiger partial charge in [-0.05, 0) is 6.07 Å². The maximum atomic E-state index is 5.49. The predicted molar refractivity (Wildman–Crippen MR) is 76.3 cm³/mol. The van der Waals surface area contributed by atoms with Gasteiger partial charge in [0.05, 0.1) is 5.56 Å². The molecule has 0 spiro atoms. The number of rotatable bonds is 5. The van der Waals surface area contributed by atoms with Crippen LogP contribution >= 0.6 is 0 Å². The molecule has 0 atom stereocenters. The molecule has 3 rings (SSSR count). The Labute approximate surface area is 117 Å². The Balaban J connectivity index is 1.79. The number of nitrogens with zero attached hydrogens (tertiary/aromatic N) is 2. The standard InChI is InChI=1S/C15H17N3O2/c1-10(2)16-8-7-14-17-15(18-20-14)12-9-19-13-6-4-3-5-11(12)13/h3-6,9-10,16H,7-8H2,1-2H3. The lowest BCUT2D eigenvalue weighted by Gasteiger charge is -2.04. The van der Waals surface area contributed by atoms with Gasteiger partial charge in [-0.3, -0.25) is 0 Å². The van der Waals surface area contributed by atoms with Crippen molar-refractivity contribution in [3.05, 3.63) is 36.4 Å². The largest absolute Gasteiger partial charge is 0.464 e. The first-order valence-electron chi connectivity index (χ1n) is 6.76. The molecule has 2 heterocycles. The molecular formula is C15H17N3O2. The Kier molecular flexibility index (Phi) is 3.52. The SMILES string of the molecule is CC(C)NCCc1nc(-c2coc3ccccc23)no1. The van der Waals surface area contributed by atoms with E-state index in [1.165, 1.54) is 0 Å². The first kappa shape index (κ1) is 12.9. The lowest BCUT2D eigenvalue weighted by molar-refractivity contribution is 0.374. The van der Waals surface area contributed by atoms with Gasteiger partial charge in [0.25, 0.3) is 0 Å². The lowest BCUT2D eigenvalue weighted by Crippen LogP contribution is -2.25. The Morgan fingerprint density at radius 2 is 2.10 bits per heavy atom. The number of fused-ring (bicyclic) bond motifs is 1. The average Bonchev–Trinajstić information content (AvgIpc) is 3.04. The molecule has 0 aliphatic heterocycles. The topological polar surface area (TPSA) is 64.1 Å². The number of hydrogen-bond acceptors (Lipinski definition) is 5. The Morgan fingerprint density at radius 1 is 1.25 bits per heavy atom. The summed E-state index contributed by atoms with van der Waals surface area (Å²) in [5, 5.41) is 8.35. The van der Waals surface area contributed by atoms with E-state index in [2.05, 4.69) is 29.3 Å². The summed E-state index contributed by atoms with van der Waals surface area (Å²) in [5.41, 5.74) is 1.70. The van der Waals surface area contributed by atoms with Gasteiger partial charge in [-0.15, -0.1) is 0 Å². The van der Waals surface area contributed by atoms with Crippen LogP contribution in [0.4, 0.5) is 0 Å². The lowest BCUT2D eigenvalue weighted by atomic mass is 10.2. The van der Waals surface area contributed by atoms with E-state index in [1.807, 2.05) is 24.3 Å². The summed E-state index contributed by atoms with van der Waals surface area (Å²) >= 11 is 0. The first-order chi connectivity index (χ1) is 9.74. The molecule has 1 N–H and O–H groups in total. The van der Waals surface area contributed by atoms with E-state index in [0.717, 1.165) is 29.5 Å². The second kappa shape index (κ2) is 5.46. The van der Waals surface area contributed by atoms with Crippen molar-refractivity contribution in [2.75, 3.05) is 6.54 Å². The third-order valence-electron chi connectivity index (χ3n) is 3.08. The molecule has 20 heavy (non-hydrogen) atoms. The molecule has 104 valence electrons. The van der Waals surface area contributed by atoms with Gasteiger partial charge in [0.2, 0.25) is 11.7 Å². The van der Waals surface area contributed by atoms with Crippen molar-refractivity contribution < 1.29 is 8.94 Å². The van der Waals surface area contributed by atoms with Crippen LogP contribution in [0.2, 0.25) is 0 Å². The van der Waals surface area contributed by atoms with Crippen molar-refractivity contribution in [3.63, 3.8) is 0 Å². The molecule has 0 fully saturated rings. The Hall–Kier alpha value is -2.14. The molecule has 0 aliphatic carbocycles. The van der Waals surface area contributed by atoms with Gasteiger partial charge < -0.3 is 14.3 Å². The van der Waals surface area contributed by atoms with Crippen LogP contribution in [0, 0.1) is 0 Å². The van der Waals surface area contributed by atoms with Crippen molar-refractivity contribution in [1.82, 2.24) is 15.5 Å². The summed E-state index contributed by atoms with van der Waals surface area (Å²) in [6, 6.07) is 8.27. The molecule has 1 aromatic carbocycles. The zero-order chi connectivity index (χ0) is 13.9. The van der Waals surface area contributed by atoms with Gasteiger partial charge in [-0.1, -0.05) is 37.2 Å². The average molecular weight is 271 g/mol. The predicted octanol–water partition coefficient (Wildman–Crippen LogP) is 3.02. The highest BCUT2D eigenvalue weighted by atomic mass is 16.5.